The molecule has 0 saturated heterocycles. The molecule has 0 aliphatic heterocycles. The molecule has 5 heteroatoms. The Balaban J connectivity index is 2.04. The molecule has 5 nitrogen and oxygen atoms in total. The SMILES string of the molecule is CN(C(=O)c1cnn2ccccc12)c1ccccc1C#N. The molecular weight excluding hydrogens is 264 g/mol. The summed E-state index contributed by atoms with van der Waals surface area (Å²) in [5.74, 6) is -0.195. The summed E-state index contributed by atoms with van der Waals surface area (Å²) in [4.78, 5) is 14.1. The highest BCUT2D eigenvalue weighted by Gasteiger charge is 2.19. The van der Waals surface area contributed by atoms with Crippen molar-refractivity contribution in [3.63, 3.8) is 0 Å². The largest absolute Gasteiger partial charge is 0.310 e. The van der Waals surface area contributed by atoms with Crippen molar-refractivity contribution in [3.05, 3.63) is 66.0 Å². The van der Waals surface area contributed by atoms with Crippen LogP contribution >= 0.6 is 0 Å². The van der Waals surface area contributed by atoms with Gasteiger partial charge >= 0.3 is 0 Å². The van der Waals surface area contributed by atoms with E-state index in [0.29, 0.717) is 16.8 Å². The van der Waals surface area contributed by atoms with Crippen LogP contribution in [0, 0.1) is 11.3 Å². The van der Waals surface area contributed by atoms with Crippen molar-refractivity contribution in [1.82, 2.24) is 9.61 Å². The van der Waals surface area contributed by atoms with E-state index in [9.17, 15) is 4.79 Å². The monoisotopic (exact) mass is 276 g/mol. The minimum atomic E-state index is -0.195. The van der Waals surface area contributed by atoms with Crippen molar-refractivity contribution in [2.24, 2.45) is 0 Å². The molecule has 0 atom stereocenters. The Morgan fingerprint density at radius 3 is 2.81 bits per heavy atom. The number of anilines is 1. The van der Waals surface area contributed by atoms with Gasteiger partial charge in [-0.25, -0.2) is 4.52 Å². The number of rotatable bonds is 2. The molecule has 0 spiro atoms. The summed E-state index contributed by atoms with van der Waals surface area (Å²) in [6.45, 7) is 0. The van der Waals surface area contributed by atoms with Crippen LogP contribution in [0.1, 0.15) is 15.9 Å². The smallest absolute Gasteiger partial charge is 0.261 e. The molecule has 0 unspecified atom stereocenters. The normalized spacial score (nSPS) is 10.3. The Morgan fingerprint density at radius 1 is 1.24 bits per heavy atom. The molecule has 3 rings (SSSR count). The number of carbonyl (C=O) groups is 1. The van der Waals surface area contributed by atoms with Gasteiger partial charge in [-0.3, -0.25) is 4.79 Å². The molecule has 2 heterocycles. The van der Waals surface area contributed by atoms with Gasteiger partial charge in [-0.05, 0) is 24.3 Å². The summed E-state index contributed by atoms with van der Waals surface area (Å²) in [5, 5.41) is 13.3. The van der Waals surface area contributed by atoms with E-state index in [4.69, 9.17) is 5.26 Å². The predicted octanol–water partition coefficient (Wildman–Crippen LogP) is 2.48. The molecule has 0 aliphatic rings. The van der Waals surface area contributed by atoms with Gasteiger partial charge in [0.05, 0.1) is 28.5 Å². The van der Waals surface area contributed by atoms with E-state index in [1.165, 1.54) is 4.90 Å². The number of nitriles is 1. The molecule has 0 N–H and O–H groups in total. The van der Waals surface area contributed by atoms with E-state index in [2.05, 4.69) is 11.2 Å². The Labute approximate surface area is 121 Å². The molecule has 102 valence electrons. The summed E-state index contributed by atoms with van der Waals surface area (Å²) >= 11 is 0. The van der Waals surface area contributed by atoms with Crippen LogP contribution in [0.3, 0.4) is 0 Å². The van der Waals surface area contributed by atoms with Crippen molar-refractivity contribution in [2.75, 3.05) is 11.9 Å². The Morgan fingerprint density at radius 2 is 2.00 bits per heavy atom. The van der Waals surface area contributed by atoms with Gasteiger partial charge in [-0.1, -0.05) is 18.2 Å². The predicted molar refractivity (Wildman–Crippen MR) is 79.1 cm³/mol. The zero-order valence-electron chi connectivity index (χ0n) is 11.4. The Hall–Kier alpha value is -3.13. The molecule has 1 amide bonds. The fourth-order valence-corrected chi connectivity index (χ4v) is 2.25. The molecule has 0 fully saturated rings. The number of hydrogen-bond donors (Lipinski definition) is 0. The van der Waals surface area contributed by atoms with Crippen molar-refractivity contribution >= 4 is 17.1 Å². The quantitative estimate of drug-likeness (QED) is 0.722. The van der Waals surface area contributed by atoms with E-state index in [-0.39, 0.29) is 5.91 Å². The fraction of sp³-hybridized carbons (Fsp3) is 0.0625. The van der Waals surface area contributed by atoms with Crippen LogP contribution in [0.2, 0.25) is 0 Å². The topological polar surface area (TPSA) is 61.4 Å². The maximum absolute atomic E-state index is 12.7. The Bertz CT molecular complexity index is 860. The first-order valence-corrected chi connectivity index (χ1v) is 6.42. The first kappa shape index (κ1) is 12.9. The average molecular weight is 276 g/mol. The summed E-state index contributed by atoms with van der Waals surface area (Å²) in [5.41, 5.74) is 2.29. The van der Waals surface area contributed by atoms with Gasteiger partial charge in [-0.2, -0.15) is 10.4 Å². The number of aromatic nitrogens is 2. The van der Waals surface area contributed by atoms with Crippen LogP contribution in [-0.2, 0) is 0 Å². The van der Waals surface area contributed by atoms with Gasteiger partial charge in [-0.15, -0.1) is 0 Å². The lowest BCUT2D eigenvalue weighted by atomic mass is 10.1. The minimum Gasteiger partial charge on any atom is -0.310 e. The van der Waals surface area contributed by atoms with E-state index in [1.807, 2.05) is 18.2 Å². The van der Waals surface area contributed by atoms with Crippen LogP contribution in [0.5, 0.6) is 0 Å². The van der Waals surface area contributed by atoms with Gasteiger partial charge in [0.1, 0.15) is 6.07 Å². The summed E-state index contributed by atoms with van der Waals surface area (Å²) < 4.78 is 1.65. The highest BCUT2D eigenvalue weighted by Crippen LogP contribution is 2.21. The summed E-state index contributed by atoms with van der Waals surface area (Å²) in [6.07, 6.45) is 3.33. The third-order valence-electron chi connectivity index (χ3n) is 3.35. The number of nitrogens with zero attached hydrogens (tertiary/aromatic N) is 4. The number of hydrogen-bond acceptors (Lipinski definition) is 3. The third kappa shape index (κ3) is 2.13. The molecule has 0 bridgehead atoms. The number of pyridine rings is 1. The van der Waals surface area contributed by atoms with Crippen LogP contribution < -0.4 is 4.90 Å². The fourth-order valence-electron chi connectivity index (χ4n) is 2.25. The first-order valence-electron chi connectivity index (χ1n) is 6.42. The van der Waals surface area contributed by atoms with Gasteiger partial charge in [0, 0.05) is 13.2 Å². The molecule has 21 heavy (non-hydrogen) atoms. The minimum absolute atomic E-state index is 0.195. The molecule has 1 aromatic carbocycles. The second kappa shape index (κ2) is 5.10. The molecule has 0 aliphatic carbocycles. The maximum Gasteiger partial charge on any atom is 0.261 e. The lowest BCUT2D eigenvalue weighted by Gasteiger charge is -2.17. The number of para-hydroxylation sites is 1. The lowest BCUT2D eigenvalue weighted by molar-refractivity contribution is 0.0994. The van der Waals surface area contributed by atoms with Gasteiger partial charge < -0.3 is 4.90 Å². The van der Waals surface area contributed by atoms with Crippen molar-refractivity contribution in [1.29, 1.82) is 5.26 Å². The first-order chi connectivity index (χ1) is 10.2. The van der Waals surface area contributed by atoms with E-state index in [0.717, 1.165) is 5.52 Å². The van der Waals surface area contributed by atoms with Gasteiger partial charge in [0.15, 0.2) is 0 Å². The van der Waals surface area contributed by atoms with Gasteiger partial charge in [0.2, 0.25) is 0 Å². The van der Waals surface area contributed by atoms with Crippen LogP contribution in [0.15, 0.2) is 54.9 Å². The van der Waals surface area contributed by atoms with Gasteiger partial charge in [0.25, 0.3) is 5.91 Å². The maximum atomic E-state index is 12.7. The summed E-state index contributed by atoms with van der Waals surface area (Å²) in [6, 6.07) is 14.7. The van der Waals surface area contributed by atoms with Crippen molar-refractivity contribution < 1.29 is 4.79 Å². The molecule has 3 aromatic rings. The van der Waals surface area contributed by atoms with E-state index in [1.54, 1.807) is 48.2 Å². The average Bonchev–Trinajstić information content (AvgIpc) is 2.97. The number of carbonyl (C=O) groups excluding carboxylic acids is 1. The highest BCUT2D eigenvalue weighted by atomic mass is 16.2. The number of fused-ring (bicyclic) bond motifs is 1. The summed E-state index contributed by atoms with van der Waals surface area (Å²) in [7, 11) is 1.66. The third-order valence-corrected chi connectivity index (χ3v) is 3.35. The highest BCUT2D eigenvalue weighted by molar-refractivity contribution is 6.10. The molecule has 2 aromatic heterocycles. The van der Waals surface area contributed by atoms with Crippen molar-refractivity contribution in [3.8, 4) is 6.07 Å². The van der Waals surface area contributed by atoms with Crippen LogP contribution in [-0.4, -0.2) is 22.6 Å². The standard InChI is InChI=1S/C16H12N4O/c1-19(14-7-3-2-6-12(14)10-17)16(21)13-11-18-20-9-5-4-8-15(13)20/h2-9,11H,1H3. The van der Waals surface area contributed by atoms with Crippen LogP contribution in [0.25, 0.3) is 5.52 Å². The zero-order valence-corrected chi connectivity index (χ0v) is 11.4. The molecular formula is C16H12N4O. The van der Waals surface area contributed by atoms with Crippen LogP contribution in [0.4, 0.5) is 5.69 Å². The number of benzene rings is 1. The number of amides is 1. The van der Waals surface area contributed by atoms with E-state index >= 15 is 0 Å². The molecule has 0 saturated carbocycles. The molecule has 0 radical (unpaired) electrons. The second-order valence-corrected chi connectivity index (χ2v) is 4.58. The second-order valence-electron chi connectivity index (χ2n) is 4.58. The van der Waals surface area contributed by atoms with E-state index < -0.39 is 0 Å². The Kier molecular flexibility index (Phi) is 3.13. The van der Waals surface area contributed by atoms with Crippen molar-refractivity contribution in [2.45, 2.75) is 0 Å². The lowest BCUT2D eigenvalue weighted by Crippen LogP contribution is -2.26. The zero-order chi connectivity index (χ0) is 14.8.